The first-order valence-electron chi connectivity index (χ1n) is 7.18. The van der Waals surface area contributed by atoms with Crippen LogP contribution in [0.2, 0.25) is 0 Å². The monoisotopic (exact) mass is 287 g/mol. The molecule has 2 aromatic rings. The van der Waals surface area contributed by atoms with E-state index in [1.807, 2.05) is 0 Å². The minimum Gasteiger partial charge on any atom is -0.312 e. The Bertz CT molecular complexity index is 561. The van der Waals surface area contributed by atoms with Crippen LogP contribution in [0.15, 0.2) is 29.6 Å². The van der Waals surface area contributed by atoms with Crippen LogP contribution in [0.25, 0.3) is 10.6 Å². The smallest absolute Gasteiger partial charge is 0.123 e. The third-order valence-corrected chi connectivity index (χ3v) is 4.63. The van der Waals surface area contributed by atoms with Gasteiger partial charge < -0.3 is 5.32 Å². The predicted molar refractivity (Wildman–Crippen MR) is 85.0 cm³/mol. The third kappa shape index (κ3) is 3.26. The average molecular weight is 287 g/mol. The van der Waals surface area contributed by atoms with Gasteiger partial charge in [-0.05, 0) is 13.8 Å². The lowest BCUT2D eigenvalue weighted by atomic mass is 10.2. The Hall–Kier alpha value is -1.23. The van der Waals surface area contributed by atoms with Crippen molar-refractivity contribution in [2.45, 2.75) is 26.4 Å². The molecule has 1 aliphatic rings. The Labute approximate surface area is 124 Å². The summed E-state index contributed by atoms with van der Waals surface area (Å²) in [5.74, 6) is 0. The van der Waals surface area contributed by atoms with Crippen molar-refractivity contribution in [3.05, 3.63) is 40.9 Å². The first-order valence-corrected chi connectivity index (χ1v) is 8.06. The zero-order valence-electron chi connectivity index (χ0n) is 12.1. The quantitative estimate of drug-likeness (QED) is 0.941. The highest BCUT2D eigenvalue weighted by molar-refractivity contribution is 7.13. The molecule has 1 aromatic carbocycles. The van der Waals surface area contributed by atoms with Crippen molar-refractivity contribution in [3.8, 4) is 10.6 Å². The van der Waals surface area contributed by atoms with Crippen molar-refractivity contribution in [2.24, 2.45) is 0 Å². The number of hydrogen-bond acceptors (Lipinski definition) is 4. The minimum absolute atomic E-state index is 0.582. The average Bonchev–Trinajstić information content (AvgIpc) is 2.88. The van der Waals surface area contributed by atoms with Gasteiger partial charge in [0.15, 0.2) is 0 Å². The zero-order chi connectivity index (χ0) is 13.9. The minimum atomic E-state index is 0.582. The van der Waals surface area contributed by atoms with E-state index in [-0.39, 0.29) is 0 Å². The van der Waals surface area contributed by atoms with E-state index in [0.717, 1.165) is 31.2 Å². The Kier molecular flexibility index (Phi) is 4.15. The lowest BCUT2D eigenvalue weighted by Crippen LogP contribution is -2.48. The standard InChI is InChI=1S/C16H21N3S/c1-12-3-5-14(6-4-12)16-18-15(11-20-16)10-19-8-7-17-13(2)9-19/h3-6,11,13,17H,7-10H2,1-2H3/t13-/m1/s1. The zero-order valence-corrected chi connectivity index (χ0v) is 12.9. The molecule has 1 saturated heterocycles. The summed E-state index contributed by atoms with van der Waals surface area (Å²) in [6, 6.07) is 9.19. The number of aryl methyl sites for hydroxylation is 1. The number of nitrogens with one attached hydrogen (secondary N) is 1. The molecule has 0 bridgehead atoms. The molecule has 1 fully saturated rings. The number of rotatable bonds is 3. The highest BCUT2D eigenvalue weighted by Gasteiger charge is 2.16. The Morgan fingerprint density at radius 1 is 1.35 bits per heavy atom. The molecule has 106 valence electrons. The van der Waals surface area contributed by atoms with Crippen molar-refractivity contribution < 1.29 is 0 Å². The van der Waals surface area contributed by atoms with Crippen LogP contribution in [-0.2, 0) is 6.54 Å². The first kappa shape index (κ1) is 13.7. The largest absolute Gasteiger partial charge is 0.312 e. The van der Waals surface area contributed by atoms with Gasteiger partial charge in [0.25, 0.3) is 0 Å². The molecule has 3 rings (SSSR count). The van der Waals surface area contributed by atoms with E-state index in [2.05, 4.69) is 53.7 Å². The summed E-state index contributed by atoms with van der Waals surface area (Å²) in [6.07, 6.45) is 0. The number of hydrogen-bond donors (Lipinski definition) is 1. The van der Waals surface area contributed by atoms with E-state index < -0.39 is 0 Å². The summed E-state index contributed by atoms with van der Waals surface area (Å²) >= 11 is 1.74. The van der Waals surface area contributed by atoms with Crippen LogP contribution < -0.4 is 5.32 Å². The van der Waals surface area contributed by atoms with Crippen molar-refractivity contribution in [2.75, 3.05) is 19.6 Å². The predicted octanol–water partition coefficient (Wildman–Crippen LogP) is 2.91. The van der Waals surface area contributed by atoms with Gasteiger partial charge in [-0.15, -0.1) is 11.3 Å². The van der Waals surface area contributed by atoms with Crippen LogP contribution in [-0.4, -0.2) is 35.6 Å². The molecular weight excluding hydrogens is 266 g/mol. The van der Waals surface area contributed by atoms with E-state index in [0.29, 0.717) is 6.04 Å². The molecule has 0 unspecified atom stereocenters. The van der Waals surface area contributed by atoms with Gasteiger partial charge in [0.2, 0.25) is 0 Å². The maximum atomic E-state index is 4.79. The maximum Gasteiger partial charge on any atom is 0.123 e. The Balaban J connectivity index is 1.69. The summed E-state index contributed by atoms with van der Waals surface area (Å²) in [5.41, 5.74) is 3.71. The SMILES string of the molecule is Cc1ccc(-c2nc(CN3CCN[C@H](C)C3)cs2)cc1. The first-order chi connectivity index (χ1) is 9.70. The number of benzene rings is 1. The fraction of sp³-hybridized carbons (Fsp3) is 0.438. The molecule has 0 amide bonds. The lowest BCUT2D eigenvalue weighted by Gasteiger charge is -2.31. The summed E-state index contributed by atoms with van der Waals surface area (Å²) in [4.78, 5) is 7.27. The van der Waals surface area contributed by atoms with Crippen molar-refractivity contribution in [1.82, 2.24) is 15.2 Å². The summed E-state index contributed by atoms with van der Waals surface area (Å²) < 4.78 is 0. The summed E-state index contributed by atoms with van der Waals surface area (Å²) in [7, 11) is 0. The van der Waals surface area contributed by atoms with Crippen LogP contribution in [0.3, 0.4) is 0 Å². The van der Waals surface area contributed by atoms with E-state index in [1.165, 1.54) is 16.8 Å². The Morgan fingerprint density at radius 2 is 2.15 bits per heavy atom. The lowest BCUT2D eigenvalue weighted by molar-refractivity contribution is 0.198. The molecular formula is C16H21N3S. The third-order valence-electron chi connectivity index (χ3n) is 3.69. The number of aromatic nitrogens is 1. The van der Waals surface area contributed by atoms with E-state index in [1.54, 1.807) is 11.3 Å². The maximum absolute atomic E-state index is 4.79. The molecule has 1 aromatic heterocycles. The van der Waals surface area contributed by atoms with Crippen molar-refractivity contribution in [1.29, 1.82) is 0 Å². The summed E-state index contributed by atoms with van der Waals surface area (Å²) in [5, 5.41) is 6.80. The molecule has 2 heterocycles. The molecule has 0 aliphatic carbocycles. The van der Waals surface area contributed by atoms with Crippen LogP contribution >= 0.6 is 11.3 Å². The van der Waals surface area contributed by atoms with Crippen LogP contribution in [0.4, 0.5) is 0 Å². The summed E-state index contributed by atoms with van der Waals surface area (Å²) in [6.45, 7) is 8.62. The van der Waals surface area contributed by atoms with Gasteiger partial charge in [0.1, 0.15) is 5.01 Å². The number of thiazole rings is 1. The van der Waals surface area contributed by atoms with Gasteiger partial charge in [-0.3, -0.25) is 4.90 Å². The highest BCUT2D eigenvalue weighted by Crippen LogP contribution is 2.24. The molecule has 0 saturated carbocycles. The van der Waals surface area contributed by atoms with E-state index in [4.69, 9.17) is 4.98 Å². The second-order valence-corrected chi connectivity index (χ2v) is 6.46. The molecule has 0 radical (unpaired) electrons. The Morgan fingerprint density at radius 3 is 2.90 bits per heavy atom. The van der Waals surface area contributed by atoms with E-state index in [9.17, 15) is 0 Å². The molecule has 20 heavy (non-hydrogen) atoms. The molecule has 4 heteroatoms. The van der Waals surface area contributed by atoms with Gasteiger partial charge in [0.05, 0.1) is 5.69 Å². The highest BCUT2D eigenvalue weighted by atomic mass is 32.1. The normalized spacial score (nSPS) is 20.2. The topological polar surface area (TPSA) is 28.2 Å². The second kappa shape index (κ2) is 6.04. The van der Waals surface area contributed by atoms with Gasteiger partial charge in [-0.1, -0.05) is 29.8 Å². The molecule has 1 atom stereocenters. The van der Waals surface area contributed by atoms with Gasteiger partial charge >= 0.3 is 0 Å². The van der Waals surface area contributed by atoms with Gasteiger partial charge in [0, 0.05) is 43.2 Å². The fourth-order valence-electron chi connectivity index (χ4n) is 2.59. The number of piperazine rings is 1. The molecule has 3 nitrogen and oxygen atoms in total. The van der Waals surface area contributed by atoms with Gasteiger partial charge in [-0.25, -0.2) is 4.98 Å². The van der Waals surface area contributed by atoms with Gasteiger partial charge in [-0.2, -0.15) is 0 Å². The number of nitrogens with zero attached hydrogens (tertiary/aromatic N) is 2. The molecule has 1 N–H and O–H groups in total. The van der Waals surface area contributed by atoms with Crippen LogP contribution in [0, 0.1) is 6.92 Å². The van der Waals surface area contributed by atoms with Crippen LogP contribution in [0.5, 0.6) is 0 Å². The van der Waals surface area contributed by atoms with Crippen molar-refractivity contribution in [3.63, 3.8) is 0 Å². The van der Waals surface area contributed by atoms with E-state index >= 15 is 0 Å². The molecule has 0 spiro atoms. The molecule has 1 aliphatic heterocycles. The van der Waals surface area contributed by atoms with Crippen LogP contribution in [0.1, 0.15) is 18.2 Å². The fourth-order valence-corrected chi connectivity index (χ4v) is 3.41. The van der Waals surface area contributed by atoms with Crippen molar-refractivity contribution >= 4 is 11.3 Å². The second-order valence-electron chi connectivity index (χ2n) is 5.60.